The smallest absolute Gasteiger partial charge is 0.443 e. The number of nitrogen functional groups attached to an aromatic ring is 1. The maximum absolute atomic E-state index is 11.9. The lowest BCUT2D eigenvalue weighted by molar-refractivity contribution is -0.0415. The molecule has 157 valence electrons. The van der Waals surface area contributed by atoms with Gasteiger partial charge in [0, 0.05) is 12.6 Å². The van der Waals surface area contributed by atoms with Crippen molar-refractivity contribution in [2.24, 2.45) is 0 Å². The third-order valence-corrected chi connectivity index (χ3v) is 7.13. The SMILES string of the molecule is [B-][P@](=O)(OC[C@H]1O[C@@H](n2ccc(N)nc2=O)C[C@@H]1O)OP(=O)(O)OP(=O)(O)O. The Hall–Kier alpha value is -0.885. The summed E-state index contributed by atoms with van der Waals surface area (Å²) >= 11 is 0. The first-order chi connectivity index (χ1) is 12.7. The van der Waals surface area contributed by atoms with Crippen LogP contribution in [0.5, 0.6) is 0 Å². The first-order valence-electron chi connectivity index (χ1n) is 7.20. The Bertz CT molecular complexity index is 919. The Labute approximate surface area is 158 Å². The number of hydrogen-bond acceptors (Lipinski definition) is 11. The molecule has 1 aromatic rings. The van der Waals surface area contributed by atoms with E-state index in [0.29, 0.717) is 0 Å². The zero-order chi connectivity index (χ0) is 21.3. The molecule has 3 radical (unpaired) electrons. The van der Waals surface area contributed by atoms with Crippen LogP contribution in [0.1, 0.15) is 12.6 Å². The van der Waals surface area contributed by atoms with Gasteiger partial charge in [0.25, 0.3) is 0 Å². The first-order valence-corrected chi connectivity index (χ1v) is 11.8. The fourth-order valence-corrected chi connectivity index (χ4v) is 5.33. The van der Waals surface area contributed by atoms with E-state index in [1.54, 1.807) is 0 Å². The standard InChI is InChI=1S/C9H15BN3O12P3/c10-26(16,24-28(20,21)25-27(17,18)19)22-4-6-5(14)3-8(23-6)13-2-1-7(11)12-9(13)15/h1-2,5-6,8,14H,3-4H2,(H,20,21)(H2,11,12,15)(H2,17,18,19)/q-1/t5-,6+,8+,26-/m0/s1. The van der Waals surface area contributed by atoms with Gasteiger partial charge in [-0.2, -0.15) is 9.29 Å². The lowest BCUT2D eigenvalue weighted by atomic mass is 10.2. The Kier molecular flexibility index (Phi) is 7.07. The number of phosphoric acid groups is 2. The molecule has 19 heteroatoms. The van der Waals surface area contributed by atoms with Gasteiger partial charge in [0.1, 0.15) is 18.1 Å². The van der Waals surface area contributed by atoms with Crippen LogP contribution in [0.4, 0.5) is 5.82 Å². The van der Waals surface area contributed by atoms with Gasteiger partial charge in [-0.15, -0.1) is 0 Å². The third kappa shape index (κ3) is 6.87. The fraction of sp³-hybridized carbons (Fsp3) is 0.556. The van der Waals surface area contributed by atoms with Crippen LogP contribution in [0, 0.1) is 0 Å². The summed E-state index contributed by atoms with van der Waals surface area (Å²) in [6, 6.07) is 1.32. The van der Waals surface area contributed by atoms with Crippen LogP contribution in [0.25, 0.3) is 0 Å². The predicted molar refractivity (Wildman–Crippen MR) is 90.8 cm³/mol. The summed E-state index contributed by atoms with van der Waals surface area (Å²) in [4.78, 5) is 41.4. The normalized spacial score (nSPS) is 27.2. The van der Waals surface area contributed by atoms with Crippen molar-refractivity contribution in [3.05, 3.63) is 22.7 Å². The van der Waals surface area contributed by atoms with Gasteiger partial charge in [0.05, 0.1) is 20.2 Å². The van der Waals surface area contributed by atoms with Gasteiger partial charge in [-0.25, -0.2) is 18.2 Å². The van der Waals surface area contributed by atoms with Gasteiger partial charge in [0.2, 0.25) is 0 Å². The summed E-state index contributed by atoms with van der Waals surface area (Å²) < 4.78 is 52.2. The van der Waals surface area contributed by atoms with Crippen LogP contribution >= 0.6 is 23.1 Å². The van der Waals surface area contributed by atoms with Crippen LogP contribution in [0.15, 0.2) is 17.1 Å². The molecule has 15 nitrogen and oxygen atoms in total. The largest absolute Gasteiger partial charge is 0.485 e. The van der Waals surface area contributed by atoms with Crippen molar-refractivity contribution in [3.8, 4) is 0 Å². The van der Waals surface area contributed by atoms with Gasteiger partial charge in [0.15, 0.2) is 0 Å². The van der Waals surface area contributed by atoms with Crippen molar-refractivity contribution >= 4 is 36.5 Å². The lowest BCUT2D eigenvalue weighted by Crippen LogP contribution is -2.28. The molecule has 0 spiro atoms. The summed E-state index contributed by atoms with van der Waals surface area (Å²) in [5.74, 6) is -0.0214. The highest BCUT2D eigenvalue weighted by Crippen LogP contribution is 2.66. The number of aliphatic hydroxyl groups excluding tert-OH is 1. The molecule has 0 amide bonds. The molecule has 0 aliphatic carbocycles. The maximum atomic E-state index is 11.9. The fourth-order valence-electron chi connectivity index (χ4n) is 2.17. The predicted octanol–water partition coefficient (Wildman–Crippen LogP) is -1.01. The van der Waals surface area contributed by atoms with Crippen molar-refractivity contribution in [2.75, 3.05) is 12.3 Å². The summed E-state index contributed by atoms with van der Waals surface area (Å²) in [6.45, 7) is -0.724. The van der Waals surface area contributed by atoms with Gasteiger partial charge in [-0.1, -0.05) is 0 Å². The molecule has 1 aliphatic heterocycles. The highest BCUT2D eigenvalue weighted by molar-refractivity contribution is 7.84. The van der Waals surface area contributed by atoms with Gasteiger partial charge >= 0.3 is 21.3 Å². The summed E-state index contributed by atoms with van der Waals surface area (Å²) in [5.41, 5.74) is 4.62. The number of aromatic nitrogens is 2. The zero-order valence-corrected chi connectivity index (χ0v) is 16.4. The van der Waals surface area contributed by atoms with E-state index < -0.39 is 53.9 Å². The average Bonchev–Trinajstić information content (AvgIpc) is 2.82. The zero-order valence-electron chi connectivity index (χ0n) is 13.7. The van der Waals surface area contributed by atoms with Gasteiger partial charge in [-0.05, 0) is 6.07 Å². The van der Waals surface area contributed by atoms with Gasteiger partial charge in [-0.3, -0.25) is 4.57 Å². The van der Waals surface area contributed by atoms with Gasteiger partial charge < -0.3 is 46.9 Å². The van der Waals surface area contributed by atoms with E-state index >= 15 is 0 Å². The molecule has 1 fully saturated rings. The second-order valence-electron chi connectivity index (χ2n) is 5.43. The topological polar surface area (TPSA) is 230 Å². The Morgan fingerprint density at radius 3 is 2.54 bits per heavy atom. The average molecular weight is 461 g/mol. The number of nitrogens with zero attached hydrogens (tertiary/aromatic N) is 2. The van der Waals surface area contributed by atoms with E-state index in [1.165, 1.54) is 12.3 Å². The van der Waals surface area contributed by atoms with Crippen molar-refractivity contribution < 1.29 is 51.4 Å². The summed E-state index contributed by atoms with van der Waals surface area (Å²) in [6.07, 6.45) is -2.18. The molecule has 0 aromatic carbocycles. The van der Waals surface area contributed by atoms with Crippen LogP contribution in [-0.4, -0.2) is 55.7 Å². The molecule has 1 aliphatic rings. The molecule has 0 saturated carbocycles. The van der Waals surface area contributed by atoms with Crippen molar-refractivity contribution in [3.63, 3.8) is 0 Å². The molecule has 2 rings (SSSR count). The number of hydrogen-bond donors (Lipinski definition) is 5. The van der Waals surface area contributed by atoms with E-state index in [4.69, 9.17) is 32.7 Å². The van der Waals surface area contributed by atoms with Crippen molar-refractivity contribution in [1.82, 2.24) is 9.55 Å². The van der Waals surface area contributed by atoms with Crippen LogP contribution < -0.4 is 11.4 Å². The molecule has 28 heavy (non-hydrogen) atoms. The molecule has 0 bridgehead atoms. The Morgan fingerprint density at radius 2 is 1.96 bits per heavy atom. The molecule has 6 N–H and O–H groups in total. The van der Waals surface area contributed by atoms with Crippen LogP contribution in [0.2, 0.25) is 0 Å². The van der Waals surface area contributed by atoms with Crippen molar-refractivity contribution in [1.29, 1.82) is 0 Å². The second-order valence-corrected chi connectivity index (χ2v) is 10.00. The lowest BCUT2D eigenvalue weighted by Gasteiger charge is -2.29. The minimum Gasteiger partial charge on any atom is -0.443 e. The molecular formula is C9H15BN3O12P3-. The van der Waals surface area contributed by atoms with E-state index in [-0.39, 0.29) is 12.2 Å². The Morgan fingerprint density at radius 1 is 1.32 bits per heavy atom. The number of anilines is 1. The van der Waals surface area contributed by atoms with E-state index in [9.17, 15) is 23.6 Å². The number of nitrogens with two attached hydrogens (primary N) is 1. The minimum absolute atomic E-state index is 0.0214. The molecule has 1 saturated heterocycles. The van der Waals surface area contributed by atoms with Crippen LogP contribution in [0.3, 0.4) is 0 Å². The quantitative estimate of drug-likeness (QED) is 0.231. The molecule has 1 unspecified atom stereocenters. The summed E-state index contributed by atoms with van der Waals surface area (Å²) in [5, 5.41) is 9.98. The minimum atomic E-state index is -5.53. The monoisotopic (exact) mass is 461 g/mol. The second kappa shape index (κ2) is 8.46. The third-order valence-electron chi connectivity index (χ3n) is 3.21. The Balaban J connectivity index is 1.98. The highest BCUT2D eigenvalue weighted by Gasteiger charge is 2.38. The van der Waals surface area contributed by atoms with E-state index in [0.717, 1.165) is 4.57 Å². The maximum Gasteiger partial charge on any atom is 0.485 e. The number of ether oxygens (including phenoxy) is 1. The van der Waals surface area contributed by atoms with Crippen LogP contribution in [-0.2, 0) is 31.6 Å². The van der Waals surface area contributed by atoms with E-state index in [1.807, 2.05) is 0 Å². The number of rotatable bonds is 8. The first kappa shape index (κ1) is 23.4. The molecule has 1 aromatic heterocycles. The number of aliphatic hydroxyl groups is 1. The molecule has 5 atom stereocenters. The van der Waals surface area contributed by atoms with Crippen molar-refractivity contribution in [2.45, 2.75) is 24.9 Å². The highest BCUT2D eigenvalue weighted by atomic mass is 31.3. The molecular weight excluding hydrogens is 446 g/mol. The molecule has 2 heterocycles. The van der Waals surface area contributed by atoms with E-state index in [2.05, 4.69) is 18.1 Å². The summed E-state index contributed by atoms with van der Waals surface area (Å²) in [7, 11) is -10.8.